The van der Waals surface area contributed by atoms with Crippen LogP contribution in [0, 0.1) is 0 Å². The highest BCUT2D eigenvalue weighted by Crippen LogP contribution is 2.29. The molecule has 2 saturated heterocycles. The minimum atomic E-state index is -0.502. The maximum absolute atomic E-state index is 12.7. The summed E-state index contributed by atoms with van der Waals surface area (Å²) in [6.07, 6.45) is -0.502. The molecule has 2 aliphatic heterocycles. The molecule has 2 aliphatic rings. The third-order valence-corrected chi connectivity index (χ3v) is 5.31. The van der Waals surface area contributed by atoms with E-state index in [-0.39, 0.29) is 17.9 Å². The third kappa shape index (κ3) is 4.56. The second-order valence-corrected chi connectivity index (χ2v) is 7.25. The average molecular weight is 366 g/mol. The molecule has 142 valence electrons. The molecular weight excluding hydrogens is 340 g/mol. The van der Waals surface area contributed by atoms with Crippen LogP contribution in [0.3, 0.4) is 0 Å². The first-order valence-electron chi connectivity index (χ1n) is 9.60. The summed E-state index contributed by atoms with van der Waals surface area (Å²) in [4.78, 5) is 15.1. The normalized spacial score (nSPS) is 26.0. The van der Waals surface area contributed by atoms with Crippen molar-refractivity contribution in [1.29, 1.82) is 0 Å². The van der Waals surface area contributed by atoms with E-state index in [4.69, 9.17) is 9.47 Å². The zero-order valence-electron chi connectivity index (χ0n) is 15.4. The number of nitrogens with zero attached hydrogens (tertiary/aromatic N) is 1. The topological polar surface area (TPSA) is 50.8 Å². The van der Waals surface area contributed by atoms with Gasteiger partial charge in [0, 0.05) is 31.6 Å². The summed E-state index contributed by atoms with van der Waals surface area (Å²) in [5.41, 5.74) is 2.56. The summed E-state index contributed by atoms with van der Waals surface area (Å²) >= 11 is 0. The predicted octanol–water partition coefficient (Wildman–Crippen LogP) is 2.19. The van der Waals surface area contributed by atoms with E-state index in [9.17, 15) is 4.79 Å². The van der Waals surface area contributed by atoms with Crippen molar-refractivity contribution in [1.82, 2.24) is 10.2 Å². The zero-order chi connectivity index (χ0) is 18.5. The maximum atomic E-state index is 12.7. The average Bonchev–Trinajstić information content (AvgIpc) is 3.12. The quantitative estimate of drug-likeness (QED) is 0.881. The van der Waals surface area contributed by atoms with E-state index in [1.165, 1.54) is 11.1 Å². The molecule has 2 aromatic rings. The number of carbonyl (C=O) groups is 1. The lowest BCUT2D eigenvalue weighted by Gasteiger charge is -2.26. The Morgan fingerprint density at radius 1 is 1.00 bits per heavy atom. The highest BCUT2D eigenvalue weighted by atomic mass is 16.6. The highest BCUT2D eigenvalue weighted by Gasteiger charge is 2.36. The molecule has 2 aromatic carbocycles. The monoisotopic (exact) mass is 366 g/mol. The van der Waals surface area contributed by atoms with Gasteiger partial charge in [-0.1, -0.05) is 60.7 Å². The van der Waals surface area contributed by atoms with Gasteiger partial charge in [-0.3, -0.25) is 9.69 Å². The van der Waals surface area contributed by atoms with Crippen molar-refractivity contribution >= 4 is 5.91 Å². The van der Waals surface area contributed by atoms with Gasteiger partial charge in [-0.2, -0.15) is 0 Å². The Balaban J connectivity index is 1.47. The molecule has 0 spiro atoms. The predicted molar refractivity (Wildman–Crippen MR) is 103 cm³/mol. The second kappa shape index (κ2) is 8.65. The molecule has 5 nitrogen and oxygen atoms in total. The molecule has 0 bridgehead atoms. The number of hydrogen-bond donors (Lipinski definition) is 1. The molecule has 1 N–H and O–H groups in total. The lowest BCUT2D eigenvalue weighted by atomic mass is 9.94. The van der Waals surface area contributed by atoms with Crippen LogP contribution in [0.25, 0.3) is 0 Å². The number of carbonyl (C=O) groups excluding carboxylic acids is 1. The van der Waals surface area contributed by atoms with Crippen LogP contribution in [0.1, 0.15) is 17.0 Å². The SMILES string of the molecule is O=C(N[C@@H]1CN(Cc2ccccc2)C[C@H]1c1ccccc1)[C@H]1COCCO1. The number of benzene rings is 2. The third-order valence-electron chi connectivity index (χ3n) is 5.31. The molecule has 1 amide bonds. The minimum absolute atomic E-state index is 0.0640. The summed E-state index contributed by atoms with van der Waals surface area (Å²) in [6, 6.07) is 21.0. The molecule has 0 radical (unpaired) electrons. The Morgan fingerprint density at radius 2 is 1.74 bits per heavy atom. The van der Waals surface area contributed by atoms with Gasteiger partial charge in [-0.15, -0.1) is 0 Å². The first kappa shape index (κ1) is 18.2. The van der Waals surface area contributed by atoms with Crippen LogP contribution in [0.2, 0.25) is 0 Å². The zero-order valence-corrected chi connectivity index (χ0v) is 15.4. The van der Waals surface area contributed by atoms with E-state index in [2.05, 4.69) is 58.7 Å². The smallest absolute Gasteiger partial charge is 0.251 e. The number of rotatable bonds is 5. The molecule has 27 heavy (non-hydrogen) atoms. The first-order valence-corrected chi connectivity index (χ1v) is 9.60. The van der Waals surface area contributed by atoms with Crippen molar-refractivity contribution in [2.45, 2.75) is 24.6 Å². The van der Waals surface area contributed by atoms with E-state index < -0.39 is 6.10 Å². The Bertz CT molecular complexity index is 732. The number of nitrogens with one attached hydrogen (secondary N) is 1. The summed E-state index contributed by atoms with van der Waals surface area (Å²) < 4.78 is 10.9. The molecule has 2 heterocycles. The first-order chi connectivity index (χ1) is 13.3. The van der Waals surface area contributed by atoms with E-state index in [1.54, 1.807) is 0 Å². The summed E-state index contributed by atoms with van der Waals surface area (Å²) in [6.45, 7) is 4.01. The second-order valence-electron chi connectivity index (χ2n) is 7.25. The van der Waals surface area contributed by atoms with Crippen molar-refractivity contribution in [3.8, 4) is 0 Å². The van der Waals surface area contributed by atoms with Crippen LogP contribution >= 0.6 is 0 Å². The fourth-order valence-electron chi connectivity index (χ4n) is 3.96. The van der Waals surface area contributed by atoms with Gasteiger partial charge in [0.1, 0.15) is 0 Å². The van der Waals surface area contributed by atoms with Crippen LogP contribution in [-0.2, 0) is 20.8 Å². The molecule has 0 unspecified atom stereocenters. The highest BCUT2D eigenvalue weighted by molar-refractivity contribution is 5.81. The van der Waals surface area contributed by atoms with Gasteiger partial charge in [0.25, 0.3) is 5.91 Å². The van der Waals surface area contributed by atoms with Crippen LogP contribution in [0.4, 0.5) is 0 Å². The Labute approximate surface area is 160 Å². The van der Waals surface area contributed by atoms with Crippen molar-refractivity contribution in [3.63, 3.8) is 0 Å². The van der Waals surface area contributed by atoms with Gasteiger partial charge in [0.15, 0.2) is 6.10 Å². The van der Waals surface area contributed by atoms with Gasteiger partial charge in [-0.05, 0) is 11.1 Å². The molecule has 0 saturated carbocycles. The molecule has 0 aliphatic carbocycles. The van der Waals surface area contributed by atoms with E-state index >= 15 is 0 Å². The fourth-order valence-corrected chi connectivity index (χ4v) is 3.96. The largest absolute Gasteiger partial charge is 0.376 e. The van der Waals surface area contributed by atoms with Crippen molar-refractivity contribution in [3.05, 3.63) is 71.8 Å². The fraction of sp³-hybridized carbons (Fsp3) is 0.409. The summed E-state index contributed by atoms with van der Waals surface area (Å²) in [7, 11) is 0. The van der Waals surface area contributed by atoms with Crippen molar-refractivity contribution in [2.24, 2.45) is 0 Å². The van der Waals surface area contributed by atoms with Crippen LogP contribution in [0.5, 0.6) is 0 Å². The molecule has 3 atom stereocenters. The van der Waals surface area contributed by atoms with Gasteiger partial charge in [-0.25, -0.2) is 0 Å². The standard InChI is InChI=1S/C22H26N2O3/c25-22(21-16-26-11-12-27-21)23-20-15-24(13-17-7-3-1-4-8-17)14-19(20)18-9-5-2-6-10-18/h1-10,19-21H,11-16H2,(H,23,25)/t19-,20+,21+/m0/s1. The Hall–Kier alpha value is -2.21. The number of likely N-dealkylation sites (tertiary alicyclic amines) is 1. The van der Waals surface area contributed by atoms with Gasteiger partial charge >= 0.3 is 0 Å². The summed E-state index contributed by atoms with van der Waals surface area (Å²) in [5, 5.41) is 3.23. The van der Waals surface area contributed by atoms with E-state index in [0.29, 0.717) is 19.8 Å². The number of amides is 1. The molecule has 0 aromatic heterocycles. The molecular formula is C22H26N2O3. The van der Waals surface area contributed by atoms with Crippen LogP contribution in [0.15, 0.2) is 60.7 Å². The molecule has 2 fully saturated rings. The number of ether oxygens (including phenoxy) is 2. The van der Waals surface area contributed by atoms with Crippen molar-refractivity contribution < 1.29 is 14.3 Å². The lowest BCUT2D eigenvalue weighted by Crippen LogP contribution is -2.48. The van der Waals surface area contributed by atoms with Crippen molar-refractivity contribution in [2.75, 3.05) is 32.9 Å². The van der Waals surface area contributed by atoms with Crippen LogP contribution < -0.4 is 5.32 Å². The number of hydrogen-bond acceptors (Lipinski definition) is 4. The maximum Gasteiger partial charge on any atom is 0.251 e. The van der Waals surface area contributed by atoms with E-state index in [1.807, 2.05) is 12.1 Å². The minimum Gasteiger partial charge on any atom is -0.376 e. The van der Waals surface area contributed by atoms with E-state index in [0.717, 1.165) is 19.6 Å². The molecule has 4 rings (SSSR count). The van der Waals surface area contributed by atoms with Gasteiger partial charge in [0.2, 0.25) is 0 Å². The van der Waals surface area contributed by atoms with Gasteiger partial charge < -0.3 is 14.8 Å². The Morgan fingerprint density at radius 3 is 2.44 bits per heavy atom. The lowest BCUT2D eigenvalue weighted by molar-refractivity contribution is -0.148. The van der Waals surface area contributed by atoms with Gasteiger partial charge in [0.05, 0.1) is 19.8 Å². The van der Waals surface area contributed by atoms with Crippen LogP contribution in [-0.4, -0.2) is 55.9 Å². The summed E-state index contributed by atoms with van der Waals surface area (Å²) in [5.74, 6) is 0.200. The molecule has 5 heteroatoms. The Kier molecular flexibility index (Phi) is 5.82.